The molecule has 0 bridgehead atoms. The molecule has 82 valence electrons. The zero-order valence-corrected chi connectivity index (χ0v) is 9.27. The van der Waals surface area contributed by atoms with E-state index in [1.807, 2.05) is 4.90 Å². The van der Waals surface area contributed by atoms with Crippen molar-refractivity contribution in [3.05, 3.63) is 0 Å². The Morgan fingerprint density at radius 2 is 2.07 bits per heavy atom. The molecule has 4 nitrogen and oxygen atoms in total. The molecule has 2 aliphatic rings. The van der Waals surface area contributed by atoms with Gasteiger partial charge in [-0.15, -0.1) is 12.4 Å². The molecule has 0 aliphatic carbocycles. The van der Waals surface area contributed by atoms with Crippen LogP contribution < -0.4 is 10.6 Å². The molecule has 2 saturated heterocycles. The van der Waals surface area contributed by atoms with Crippen LogP contribution in [0.5, 0.6) is 0 Å². The summed E-state index contributed by atoms with van der Waals surface area (Å²) in [5.74, 6) is 0.291. The van der Waals surface area contributed by atoms with Gasteiger partial charge in [-0.3, -0.25) is 4.79 Å². The number of carbonyl (C=O) groups is 1. The monoisotopic (exact) mass is 219 g/mol. The highest BCUT2D eigenvalue weighted by Gasteiger charge is 2.30. The predicted octanol–water partition coefficient (Wildman–Crippen LogP) is -0.410. The summed E-state index contributed by atoms with van der Waals surface area (Å²) in [5, 5.41) is 6.47. The molecule has 2 fully saturated rings. The summed E-state index contributed by atoms with van der Waals surface area (Å²) in [5.41, 5.74) is 0. The van der Waals surface area contributed by atoms with Crippen molar-refractivity contribution in [2.24, 2.45) is 0 Å². The number of carbonyl (C=O) groups excluding carboxylic acids is 1. The highest BCUT2D eigenvalue weighted by Crippen LogP contribution is 2.08. The molecule has 2 N–H and O–H groups in total. The molecule has 0 aromatic carbocycles. The van der Waals surface area contributed by atoms with Gasteiger partial charge in [-0.25, -0.2) is 0 Å². The Kier molecular flexibility index (Phi) is 4.16. The van der Waals surface area contributed by atoms with Gasteiger partial charge >= 0.3 is 0 Å². The van der Waals surface area contributed by atoms with Crippen molar-refractivity contribution in [3.8, 4) is 0 Å². The molecule has 2 atom stereocenters. The number of amides is 1. The third kappa shape index (κ3) is 2.38. The van der Waals surface area contributed by atoms with E-state index < -0.39 is 0 Å². The molecule has 1 unspecified atom stereocenters. The van der Waals surface area contributed by atoms with Crippen molar-refractivity contribution in [2.75, 3.05) is 26.2 Å². The molecule has 2 aliphatic heterocycles. The molecular weight excluding hydrogens is 202 g/mol. The smallest absolute Gasteiger partial charge is 0.239 e. The first-order valence-corrected chi connectivity index (χ1v) is 5.03. The number of hydrogen-bond acceptors (Lipinski definition) is 3. The first kappa shape index (κ1) is 11.8. The predicted molar refractivity (Wildman–Crippen MR) is 57.7 cm³/mol. The van der Waals surface area contributed by atoms with Gasteiger partial charge in [0.2, 0.25) is 5.91 Å². The van der Waals surface area contributed by atoms with E-state index in [0.29, 0.717) is 11.9 Å². The highest BCUT2D eigenvalue weighted by molar-refractivity contribution is 5.85. The van der Waals surface area contributed by atoms with Crippen LogP contribution >= 0.6 is 12.4 Å². The lowest BCUT2D eigenvalue weighted by molar-refractivity contribution is -0.136. The summed E-state index contributed by atoms with van der Waals surface area (Å²) in [4.78, 5) is 13.7. The van der Waals surface area contributed by atoms with Crippen LogP contribution in [-0.2, 0) is 4.79 Å². The zero-order chi connectivity index (χ0) is 9.26. The van der Waals surface area contributed by atoms with Crippen molar-refractivity contribution >= 4 is 18.3 Å². The van der Waals surface area contributed by atoms with Crippen LogP contribution in [-0.4, -0.2) is 49.1 Å². The zero-order valence-electron chi connectivity index (χ0n) is 8.45. The van der Waals surface area contributed by atoms with Crippen LogP contribution in [0.2, 0.25) is 0 Å². The van der Waals surface area contributed by atoms with Crippen LogP contribution in [0.1, 0.15) is 13.3 Å². The lowest BCUT2D eigenvalue weighted by atomic mass is 10.1. The maximum absolute atomic E-state index is 11.8. The number of hydrogen-bond donors (Lipinski definition) is 2. The minimum Gasteiger partial charge on any atom is -0.339 e. The number of rotatable bonds is 1. The fourth-order valence-corrected chi connectivity index (χ4v) is 1.85. The van der Waals surface area contributed by atoms with Crippen LogP contribution in [0, 0.1) is 0 Å². The summed E-state index contributed by atoms with van der Waals surface area (Å²) in [7, 11) is 0. The van der Waals surface area contributed by atoms with Gasteiger partial charge in [0.15, 0.2) is 0 Å². The lowest BCUT2D eigenvalue weighted by Gasteiger charge is -2.37. The largest absolute Gasteiger partial charge is 0.339 e. The maximum atomic E-state index is 11.8. The number of piperazine rings is 1. The second kappa shape index (κ2) is 4.96. The average Bonchev–Trinajstić information content (AvgIpc) is 2.01. The minimum atomic E-state index is 0. The third-order valence-electron chi connectivity index (χ3n) is 2.80. The van der Waals surface area contributed by atoms with E-state index in [4.69, 9.17) is 0 Å². The van der Waals surface area contributed by atoms with Gasteiger partial charge < -0.3 is 15.5 Å². The molecule has 5 heteroatoms. The van der Waals surface area contributed by atoms with Gasteiger partial charge in [0.05, 0.1) is 6.04 Å². The van der Waals surface area contributed by atoms with Crippen molar-refractivity contribution in [3.63, 3.8) is 0 Å². The Bertz CT molecular complexity index is 208. The Morgan fingerprint density at radius 3 is 2.57 bits per heavy atom. The summed E-state index contributed by atoms with van der Waals surface area (Å²) in [6.45, 7) is 5.77. The Balaban J connectivity index is 0.000000980. The second-order valence-corrected chi connectivity index (χ2v) is 3.93. The number of halogens is 1. The third-order valence-corrected chi connectivity index (χ3v) is 2.80. The number of nitrogens with one attached hydrogen (secondary N) is 2. The van der Waals surface area contributed by atoms with Crippen LogP contribution in [0.4, 0.5) is 0 Å². The fourth-order valence-electron chi connectivity index (χ4n) is 1.85. The van der Waals surface area contributed by atoms with E-state index in [2.05, 4.69) is 17.6 Å². The standard InChI is InChI=1S/C9H17N3O.ClH/c1-7-6-12(5-4-10-7)9(13)8-2-3-11-8;/h7-8,10-11H,2-6H2,1H3;1H/t7?,8-;/m1./s1. The van der Waals surface area contributed by atoms with Crippen LogP contribution in [0.15, 0.2) is 0 Å². The first-order chi connectivity index (χ1) is 6.27. The lowest BCUT2D eigenvalue weighted by Crippen LogP contribution is -2.59. The first-order valence-electron chi connectivity index (χ1n) is 5.03. The topological polar surface area (TPSA) is 44.4 Å². The summed E-state index contributed by atoms with van der Waals surface area (Å²) >= 11 is 0. The summed E-state index contributed by atoms with van der Waals surface area (Å²) in [6.07, 6.45) is 1.01. The van der Waals surface area contributed by atoms with E-state index in [0.717, 1.165) is 32.6 Å². The van der Waals surface area contributed by atoms with Crippen molar-refractivity contribution in [1.29, 1.82) is 0 Å². The van der Waals surface area contributed by atoms with Gasteiger partial charge in [-0.1, -0.05) is 0 Å². The molecule has 0 spiro atoms. The van der Waals surface area contributed by atoms with Gasteiger partial charge in [0, 0.05) is 25.7 Å². The van der Waals surface area contributed by atoms with Crippen molar-refractivity contribution < 1.29 is 4.79 Å². The van der Waals surface area contributed by atoms with E-state index in [1.165, 1.54) is 0 Å². The van der Waals surface area contributed by atoms with E-state index in [-0.39, 0.29) is 18.4 Å². The van der Waals surface area contributed by atoms with E-state index in [9.17, 15) is 4.79 Å². The molecule has 14 heavy (non-hydrogen) atoms. The second-order valence-electron chi connectivity index (χ2n) is 3.93. The summed E-state index contributed by atoms with van der Waals surface area (Å²) < 4.78 is 0. The molecule has 0 saturated carbocycles. The minimum absolute atomic E-state index is 0. The van der Waals surface area contributed by atoms with Crippen LogP contribution in [0.3, 0.4) is 0 Å². The van der Waals surface area contributed by atoms with Gasteiger partial charge in [-0.2, -0.15) is 0 Å². The molecule has 0 aromatic heterocycles. The SMILES string of the molecule is CC1CN(C(=O)[C@H]2CCN2)CCN1.Cl. The van der Waals surface area contributed by atoms with Crippen LogP contribution in [0.25, 0.3) is 0 Å². The average molecular weight is 220 g/mol. The maximum Gasteiger partial charge on any atom is 0.239 e. The molecule has 0 aromatic rings. The van der Waals surface area contributed by atoms with Gasteiger partial charge in [-0.05, 0) is 19.9 Å². The molecule has 1 amide bonds. The molecule has 2 rings (SSSR count). The Morgan fingerprint density at radius 1 is 1.36 bits per heavy atom. The fraction of sp³-hybridized carbons (Fsp3) is 0.889. The summed E-state index contributed by atoms with van der Waals surface area (Å²) in [6, 6.07) is 0.558. The van der Waals surface area contributed by atoms with Gasteiger partial charge in [0.25, 0.3) is 0 Å². The number of nitrogens with zero attached hydrogens (tertiary/aromatic N) is 1. The normalized spacial score (nSPS) is 31.6. The molecular formula is C9H18ClN3O. The Hall–Kier alpha value is -0.320. The van der Waals surface area contributed by atoms with E-state index >= 15 is 0 Å². The molecule has 0 radical (unpaired) electrons. The van der Waals surface area contributed by atoms with Gasteiger partial charge in [0.1, 0.15) is 0 Å². The van der Waals surface area contributed by atoms with E-state index in [1.54, 1.807) is 0 Å². The quantitative estimate of drug-likeness (QED) is 0.631. The van der Waals surface area contributed by atoms with Crippen molar-refractivity contribution in [1.82, 2.24) is 15.5 Å². The van der Waals surface area contributed by atoms with Crippen molar-refractivity contribution in [2.45, 2.75) is 25.4 Å². The molecule has 2 heterocycles. The Labute approximate surface area is 90.8 Å². The highest BCUT2D eigenvalue weighted by atomic mass is 35.5.